The van der Waals surface area contributed by atoms with Crippen molar-refractivity contribution in [2.75, 3.05) is 6.54 Å². The standard InChI is InChI=1S/C21H20ClN3O3/c22-17-7-5-14(6-8-17)12-23-18(26)13-25-19(27)21(24-20(25)28)10-9-15-3-1-2-4-16(15)11-21/h1-8H,9-13H2,(H,23,26)(H,24,28). The van der Waals surface area contributed by atoms with Crippen molar-refractivity contribution >= 4 is 29.4 Å². The van der Waals surface area contributed by atoms with Crippen molar-refractivity contribution in [3.05, 3.63) is 70.2 Å². The molecule has 2 aromatic rings. The number of carbonyl (C=O) groups excluding carboxylic acids is 3. The molecule has 1 atom stereocenters. The number of hydrogen-bond acceptors (Lipinski definition) is 3. The number of hydrogen-bond donors (Lipinski definition) is 2. The average Bonchev–Trinajstić information content (AvgIpc) is 2.91. The molecule has 28 heavy (non-hydrogen) atoms. The van der Waals surface area contributed by atoms with Gasteiger partial charge < -0.3 is 10.6 Å². The van der Waals surface area contributed by atoms with Crippen molar-refractivity contribution in [1.82, 2.24) is 15.5 Å². The molecule has 144 valence electrons. The van der Waals surface area contributed by atoms with Crippen LogP contribution in [-0.2, 0) is 29.0 Å². The first kappa shape index (κ1) is 18.5. The van der Waals surface area contributed by atoms with Gasteiger partial charge in [0.15, 0.2) is 0 Å². The van der Waals surface area contributed by atoms with Crippen molar-refractivity contribution in [2.45, 2.75) is 31.3 Å². The molecule has 4 amide bonds. The Morgan fingerprint density at radius 2 is 1.82 bits per heavy atom. The maximum atomic E-state index is 13.0. The third-order valence-electron chi connectivity index (χ3n) is 5.38. The fourth-order valence-corrected chi connectivity index (χ4v) is 3.97. The fraction of sp³-hybridized carbons (Fsp3) is 0.286. The van der Waals surface area contributed by atoms with Crippen LogP contribution in [0.2, 0.25) is 5.02 Å². The predicted molar refractivity (Wildman–Crippen MR) is 105 cm³/mol. The summed E-state index contributed by atoms with van der Waals surface area (Å²) in [4.78, 5) is 38.7. The van der Waals surface area contributed by atoms with E-state index in [1.165, 1.54) is 5.56 Å². The maximum Gasteiger partial charge on any atom is 0.325 e. The number of carbonyl (C=O) groups is 3. The van der Waals surface area contributed by atoms with Crippen LogP contribution in [-0.4, -0.2) is 34.8 Å². The minimum absolute atomic E-state index is 0.290. The predicted octanol–water partition coefficient (Wildman–Crippen LogP) is 2.44. The van der Waals surface area contributed by atoms with Crippen LogP contribution >= 0.6 is 11.6 Å². The minimum atomic E-state index is -0.943. The zero-order chi connectivity index (χ0) is 19.7. The second-order valence-corrected chi connectivity index (χ2v) is 7.69. The Balaban J connectivity index is 1.40. The van der Waals surface area contributed by atoms with Gasteiger partial charge in [-0.15, -0.1) is 0 Å². The van der Waals surface area contributed by atoms with E-state index in [1.807, 2.05) is 36.4 Å². The van der Waals surface area contributed by atoms with Gasteiger partial charge >= 0.3 is 6.03 Å². The zero-order valence-electron chi connectivity index (χ0n) is 15.2. The van der Waals surface area contributed by atoms with Gasteiger partial charge in [0.1, 0.15) is 12.1 Å². The number of urea groups is 1. The fourth-order valence-electron chi connectivity index (χ4n) is 3.85. The van der Waals surface area contributed by atoms with Crippen LogP contribution < -0.4 is 10.6 Å². The summed E-state index contributed by atoms with van der Waals surface area (Å²) in [6.45, 7) is 0.0137. The Kier molecular flexibility index (Phi) is 4.81. The Bertz CT molecular complexity index is 944. The number of amides is 4. The molecule has 1 aliphatic heterocycles. The van der Waals surface area contributed by atoms with Gasteiger partial charge in [-0.25, -0.2) is 4.79 Å². The number of nitrogens with zero attached hydrogens (tertiary/aromatic N) is 1. The van der Waals surface area contributed by atoms with Crippen LogP contribution in [0, 0.1) is 0 Å². The molecule has 2 aromatic carbocycles. The maximum absolute atomic E-state index is 13.0. The van der Waals surface area contributed by atoms with Gasteiger partial charge in [0.2, 0.25) is 5.91 Å². The summed E-state index contributed by atoms with van der Waals surface area (Å²) in [5.74, 6) is -0.708. The van der Waals surface area contributed by atoms with Crippen LogP contribution in [0.3, 0.4) is 0 Å². The first-order valence-corrected chi connectivity index (χ1v) is 9.57. The number of rotatable bonds is 4. The summed E-state index contributed by atoms with van der Waals surface area (Å²) in [5, 5.41) is 6.19. The summed E-state index contributed by atoms with van der Waals surface area (Å²) in [6, 6.07) is 14.5. The molecule has 0 radical (unpaired) electrons. The topological polar surface area (TPSA) is 78.5 Å². The lowest BCUT2D eigenvalue weighted by Gasteiger charge is -2.32. The van der Waals surface area contributed by atoms with Crippen LogP contribution in [0.25, 0.3) is 0 Å². The highest BCUT2D eigenvalue weighted by Gasteiger charge is 2.52. The highest BCUT2D eigenvalue weighted by molar-refractivity contribution is 6.30. The minimum Gasteiger partial charge on any atom is -0.350 e. The second-order valence-electron chi connectivity index (χ2n) is 7.25. The van der Waals surface area contributed by atoms with Gasteiger partial charge in [-0.2, -0.15) is 0 Å². The molecule has 2 aliphatic rings. The molecule has 1 unspecified atom stereocenters. The average molecular weight is 398 g/mol. The van der Waals surface area contributed by atoms with Crippen LogP contribution in [0.15, 0.2) is 48.5 Å². The lowest BCUT2D eigenvalue weighted by molar-refractivity contribution is -0.135. The number of nitrogens with one attached hydrogen (secondary N) is 2. The van der Waals surface area contributed by atoms with E-state index in [0.29, 0.717) is 24.4 Å². The smallest absolute Gasteiger partial charge is 0.325 e. The summed E-state index contributed by atoms with van der Waals surface area (Å²) in [7, 11) is 0. The normalized spacial score (nSPS) is 20.8. The first-order chi connectivity index (χ1) is 13.5. The van der Waals surface area contributed by atoms with E-state index in [9.17, 15) is 14.4 Å². The molecule has 4 rings (SSSR count). The van der Waals surface area contributed by atoms with Crippen LogP contribution in [0.5, 0.6) is 0 Å². The largest absolute Gasteiger partial charge is 0.350 e. The van der Waals surface area contributed by atoms with E-state index in [-0.39, 0.29) is 18.4 Å². The molecular weight excluding hydrogens is 378 g/mol. The molecule has 2 N–H and O–H groups in total. The third kappa shape index (κ3) is 3.47. The van der Waals surface area contributed by atoms with E-state index in [2.05, 4.69) is 10.6 Å². The molecule has 0 bridgehead atoms. The van der Waals surface area contributed by atoms with Gasteiger partial charge in [-0.1, -0.05) is 48.0 Å². The lowest BCUT2D eigenvalue weighted by Crippen LogP contribution is -2.51. The van der Waals surface area contributed by atoms with Crippen LogP contribution in [0.4, 0.5) is 4.79 Å². The van der Waals surface area contributed by atoms with Gasteiger partial charge in [0, 0.05) is 18.0 Å². The van der Waals surface area contributed by atoms with Gasteiger partial charge in [-0.3, -0.25) is 14.5 Å². The highest BCUT2D eigenvalue weighted by atomic mass is 35.5. The molecule has 0 aromatic heterocycles. The van der Waals surface area contributed by atoms with E-state index in [4.69, 9.17) is 11.6 Å². The van der Waals surface area contributed by atoms with Crippen molar-refractivity contribution in [2.24, 2.45) is 0 Å². The molecule has 0 saturated carbocycles. The monoisotopic (exact) mass is 397 g/mol. The molecule has 1 aliphatic carbocycles. The van der Waals surface area contributed by atoms with Gasteiger partial charge in [0.05, 0.1) is 0 Å². The number of imide groups is 1. The molecule has 6 nitrogen and oxygen atoms in total. The highest BCUT2D eigenvalue weighted by Crippen LogP contribution is 2.33. The van der Waals surface area contributed by atoms with Crippen molar-refractivity contribution in [3.63, 3.8) is 0 Å². The number of halogens is 1. The third-order valence-corrected chi connectivity index (χ3v) is 5.63. The first-order valence-electron chi connectivity index (χ1n) is 9.19. The molecule has 1 saturated heterocycles. The molecule has 1 fully saturated rings. The van der Waals surface area contributed by atoms with E-state index in [1.54, 1.807) is 12.1 Å². The van der Waals surface area contributed by atoms with Gasteiger partial charge in [0.25, 0.3) is 5.91 Å². The van der Waals surface area contributed by atoms with Crippen molar-refractivity contribution in [3.8, 4) is 0 Å². The van der Waals surface area contributed by atoms with E-state index >= 15 is 0 Å². The number of aryl methyl sites for hydroxylation is 1. The quantitative estimate of drug-likeness (QED) is 0.778. The van der Waals surface area contributed by atoms with Crippen LogP contribution in [0.1, 0.15) is 23.1 Å². The zero-order valence-corrected chi connectivity index (χ0v) is 16.0. The Labute approximate surface area is 167 Å². The molecule has 1 heterocycles. The van der Waals surface area contributed by atoms with E-state index < -0.39 is 11.6 Å². The van der Waals surface area contributed by atoms with Gasteiger partial charge in [-0.05, 0) is 41.7 Å². The summed E-state index contributed by atoms with van der Waals surface area (Å²) in [6.07, 6.45) is 1.72. The van der Waals surface area contributed by atoms with Crippen molar-refractivity contribution < 1.29 is 14.4 Å². The second kappa shape index (κ2) is 7.28. The SMILES string of the molecule is O=C(CN1C(=O)NC2(CCc3ccccc3C2)C1=O)NCc1ccc(Cl)cc1. The summed E-state index contributed by atoms with van der Waals surface area (Å²) >= 11 is 5.85. The number of fused-ring (bicyclic) bond motifs is 1. The lowest BCUT2D eigenvalue weighted by atomic mass is 9.78. The number of benzene rings is 2. The summed E-state index contributed by atoms with van der Waals surface area (Å²) < 4.78 is 0. The van der Waals surface area contributed by atoms with E-state index in [0.717, 1.165) is 22.4 Å². The molecular formula is C21H20ClN3O3. The summed E-state index contributed by atoms with van der Waals surface area (Å²) in [5.41, 5.74) is 2.21. The van der Waals surface area contributed by atoms with Crippen molar-refractivity contribution in [1.29, 1.82) is 0 Å². The Morgan fingerprint density at radius 1 is 1.11 bits per heavy atom. The molecule has 7 heteroatoms. The Hall–Kier alpha value is -2.86. The molecule has 1 spiro atoms. The Morgan fingerprint density at radius 3 is 2.57 bits per heavy atom.